The Morgan fingerprint density at radius 2 is 1.19 bits per heavy atom. The maximum absolute atomic E-state index is 13.5. The highest BCUT2D eigenvalue weighted by Crippen LogP contribution is 2.56. The van der Waals surface area contributed by atoms with Crippen molar-refractivity contribution >= 4 is 9.52 Å². The van der Waals surface area contributed by atoms with E-state index in [2.05, 4.69) is 4.74 Å². The molecule has 0 aromatic rings. The Labute approximate surface area is 147 Å². The van der Waals surface area contributed by atoms with Crippen LogP contribution in [-0.4, -0.2) is 64.1 Å². The van der Waals surface area contributed by atoms with E-state index in [0.29, 0.717) is 0 Å². The van der Waals surface area contributed by atoms with Crippen LogP contribution in [0.3, 0.4) is 0 Å². The number of hydrogen-bond donors (Lipinski definition) is 0. The monoisotopic (exact) mass is 450 g/mol. The van der Waals surface area contributed by atoms with Crippen molar-refractivity contribution < 1.29 is 61.8 Å². The van der Waals surface area contributed by atoms with E-state index in [-0.39, 0.29) is 6.42 Å². The minimum Gasteiger partial charge on any atom is -0.344 e. The molecule has 0 saturated heterocycles. The molecule has 0 spiro atoms. The molecule has 0 heterocycles. The van der Waals surface area contributed by atoms with Crippen LogP contribution in [0.2, 0.25) is 6.55 Å². The molecule has 0 fully saturated rings. The molecule has 0 aliphatic heterocycles. The molecule has 0 aromatic heterocycles. The van der Waals surface area contributed by atoms with Crippen LogP contribution in [-0.2, 0) is 4.74 Å². The molecule has 15 heteroatoms. The third-order valence-corrected chi connectivity index (χ3v) is 5.29. The molecule has 0 rings (SSSR count). The van der Waals surface area contributed by atoms with Crippen LogP contribution in [0.5, 0.6) is 0 Å². The molecule has 164 valence electrons. The maximum atomic E-state index is 13.5. The summed E-state index contributed by atoms with van der Waals surface area (Å²) in [5, 5.41) is 0. The standard InChI is InChI=1S/C12H15F13OSi/c1-3-4(27-2)26-8(17)10(20,21)12(24,25)11(22,23)9(18,19)6(14)5(13)7(15)16/h4-8H,3,27H2,1-2H3. The molecule has 4 unspecified atom stereocenters. The Kier molecular flexibility index (Phi) is 8.50. The van der Waals surface area contributed by atoms with E-state index in [9.17, 15) is 57.1 Å². The SMILES string of the molecule is CCC(OC(F)C(F)(F)C(F)(F)C(F)(F)C(F)(F)C(F)C(F)C(F)F)[SiH2]C. The molecular weight excluding hydrogens is 435 g/mol. The van der Waals surface area contributed by atoms with Crippen molar-refractivity contribution in [2.24, 2.45) is 0 Å². The van der Waals surface area contributed by atoms with Gasteiger partial charge in [-0.15, -0.1) is 0 Å². The van der Waals surface area contributed by atoms with Gasteiger partial charge in [0.05, 0.1) is 9.52 Å². The summed E-state index contributed by atoms with van der Waals surface area (Å²) >= 11 is 0. The van der Waals surface area contributed by atoms with Gasteiger partial charge in [-0.2, -0.15) is 35.1 Å². The van der Waals surface area contributed by atoms with Crippen LogP contribution in [0.15, 0.2) is 0 Å². The quantitative estimate of drug-likeness (QED) is 0.327. The second-order valence-corrected chi connectivity index (χ2v) is 7.19. The highest BCUT2D eigenvalue weighted by atomic mass is 28.2. The number of rotatable bonds is 11. The predicted molar refractivity (Wildman–Crippen MR) is 70.1 cm³/mol. The minimum absolute atomic E-state index is 0.193. The molecule has 0 aliphatic rings. The van der Waals surface area contributed by atoms with Crippen LogP contribution >= 0.6 is 0 Å². The third kappa shape index (κ3) is 4.64. The van der Waals surface area contributed by atoms with E-state index in [1.54, 1.807) is 0 Å². The molecule has 0 bridgehead atoms. The van der Waals surface area contributed by atoms with Crippen molar-refractivity contribution in [3.05, 3.63) is 0 Å². The van der Waals surface area contributed by atoms with Gasteiger partial charge >= 0.3 is 23.7 Å². The van der Waals surface area contributed by atoms with Gasteiger partial charge in [0.2, 0.25) is 6.17 Å². The summed E-state index contributed by atoms with van der Waals surface area (Å²) in [6.45, 7) is 2.59. The Bertz CT molecular complexity index is 468. The molecule has 0 radical (unpaired) electrons. The first-order valence-corrected chi connectivity index (χ1v) is 9.53. The van der Waals surface area contributed by atoms with Crippen LogP contribution in [0.25, 0.3) is 0 Å². The summed E-state index contributed by atoms with van der Waals surface area (Å²) in [7, 11) is -1.48. The zero-order chi connectivity index (χ0) is 22.0. The lowest BCUT2D eigenvalue weighted by atomic mass is 9.93. The van der Waals surface area contributed by atoms with E-state index in [0.717, 1.165) is 0 Å². The normalized spacial score (nSPS) is 19.6. The van der Waals surface area contributed by atoms with Crippen molar-refractivity contribution in [3.63, 3.8) is 0 Å². The fourth-order valence-corrected chi connectivity index (χ4v) is 2.74. The van der Waals surface area contributed by atoms with E-state index < -0.39 is 64.1 Å². The van der Waals surface area contributed by atoms with Gasteiger partial charge in [-0.1, -0.05) is 13.5 Å². The summed E-state index contributed by atoms with van der Waals surface area (Å²) in [5.41, 5.74) is -1.35. The smallest absolute Gasteiger partial charge is 0.344 e. The van der Waals surface area contributed by atoms with Gasteiger partial charge < -0.3 is 4.74 Å². The molecular formula is C12H15F13OSi. The van der Waals surface area contributed by atoms with E-state index in [4.69, 9.17) is 0 Å². The number of ether oxygens (including phenoxy) is 1. The van der Waals surface area contributed by atoms with Gasteiger partial charge in [0, 0.05) is 5.73 Å². The maximum Gasteiger partial charge on any atom is 0.383 e. The first-order chi connectivity index (χ1) is 11.9. The molecule has 1 nitrogen and oxygen atoms in total. The van der Waals surface area contributed by atoms with Crippen molar-refractivity contribution in [2.75, 3.05) is 0 Å². The van der Waals surface area contributed by atoms with Crippen LogP contribution in [0.4, 0.5) is 57.1 Å². The minimum atomic E-state index is -7.44. The van der Waals surface area contributed by atoms with Gasteiger partial charge in [-0.3, -0.25) is 0 Å². The summed E-state index contributed by atoms with van der Waals surface area (Å²) in [6.07, 6.45) is -19.3. The second kappa shape index (κ2) is 8.74. The third-order valence-electron chi connectivity index (χ3n) is 3.61. The first-order valence-electron chi connectivity index (χ1n) is 7.30. The van der Waals surface area contributed by atoms with Crippen LogP contribution in [0.1, 0.15) is 13.3 Å². The largest absolute Gasteiger partial charge is 0.383 e. The van der Waals surface area contributed by atoms with Gasteiger partial charge in [-0.05, 0) is 6.42 Å². The average Bonchev–Trinajstić information content (AvgIpc) is 2.56. The number of hydrogen-bond acceptors (Lipinski definition) is 1. The van der Waals surface area contributed by atoms with Crippen molar-refractivity contribution in [3.8, 4) is 0 Å². The van der Waals surface area contributed by atoms with Gasteiger partial charge in [0.25, 0.3) is 12.8 Å². The zero-order valence-electron chi connectivity index (χ0n) is 13.6. The Hall–Kier alpha value is -0.733. The fourth-order valence-electron chi connectivity index (χ4n) is 1.80. The lowest BCUT2D eigenvalue weighted by Crippen LogP contribution is -2.68. The van der Waals surface area contributed by atoms with Gasteiger partial charge in [0.15, 0.2) is 6.17 Å². The lowest BCUT2D eigenvalue weighted by Gasteiger charge is -2.39. The Morgan fingerprint density at radius 1 is 0.778 bits per heavy atom. The highest BCUT2D eigenvalue weighted by Gasteiger charge is 2.85. The molecule has 27 heavy (non-hydrogen) atoms. The first kappa shape index (κ1) is 26.3. The van der Waals surface area contributed by atoms with E-state index >= 15 is 0 Å². The van der Waals surface area contributed by atoms with Crippen LogP contribution in [0, 0.1) is 0 Å². The molecule has 0 aliphatic carbocycles. The van der Waals surface area contributed by atoms with Crippen molar-refractivity contribution in [1.82, 2.24) is 0 Å². The summed E-state index contributed by atoms with van der Waals surface area (Å²) in [5.74, 6) is -28.4. The number of halogens is 13. The topological polar surface area (TPSA) is 9.23 Å². The molecule has 0 amide bonds. The Morgan fingerprint density at radius 3 is 1.52 bits per heavy atom. The molecule has 0 aromatic carbocycles. The number of alkyl halides is 13. The predicted octanol–water partition coefficient (Wildman–Crippen LogP) is 4.73. The highest BCUT2D eigenvalue weighted by molar-refractivity contribution is 6.35. The summed E-state index contributed by atoms with van der Waals surface area (Å²) in [4.78, 5) is 0. The van der Waals surface area contributed by atoms with Crippen molar-refractivity contribution in [1.29, 1.82) is 0 Å². The Balaban J connectivity index is 5.91. The summed E-state index contributed by atoms with van der Waals surface area (Å²) < 4.78 is 174. The molecule has 0 N–H and O–H groups in total. The summed E-state index contributed by atoms with van der Waals surface area (Å²) in [6, 6.07) is 0. The average molecular weight is 450 g/mol. The van der Waals surface area contributed by atoms with E-state index in [1.807, 2.05) is 0 Å². The van der Waals surface area contributed by atoms with E-state index in [1.165, 1.54) is 13.5 Å². The second-order valence-electron chi connectivity index (χ2n) is 5.47. The van der Waals surface area contributed by atoms with Gasteiger partial charge in [0.1, 0.15) is 0 Å². The van der Waals surface area contributed by atoms with Gasteiger partial charge in [-0.25, -0.2) is 22.0 Å². The molecule has 4 atom stereocenters. The fraction of sp³-hybridized carbons (Fsp3) is 1.00. The lowest BCUT2D eigenvalue weighted by molar-refractivity contribution is -0.402. The molecule has 0 saturated carbocycles. The van der Waals surface area contributed by atoms with Crippen molar-refractivity contribution in [2.45, 2.75) is 74.4 Å². The van der Waals surface area contributed by atoms with Crippen LogP contribution < -0.4 is 0 Å². The zero-order valence-corrected chi connectivity index (χ0v) is 15.0.